The normalized spacial score (nSPS) is 10.1. The Morgan fingerprint density at radius 2 is 1.88 bits per heavy atom. The second kappa shape index (κ2) is 9.79. The topological polar surface area (TPSA) is 96.4 Å². The number of likely N-dealkylation sites (N-methyl/N-ethyl adjacent to an activating group) is 1. The fourth-order valence-electron chi connectivity index (χ4n) is 1.83. The van der Waals surface area contributed by atoms with Crippen LogP contribution in [0.4, 0.5) is 15.5 Å². The lowest BCUT2D eigenvalue weighted by Gasteiger charge is -2.18. The van der Waals surface area contributed by atoms with E-state index in [0.717, 1.165) is 5.56 Å². The van der Waals surface area contributed by atoms with Crippen LogP contribution in [0.3, 0.4) is 0 Å². The molecule has 0 unspecified atom stereocenters. The van der Waals surface area contributed by atoms with Crippen LogP contribution < -0.4 is 10.6 Å². The summed E-state index contributed by atoms with van der Waals surface area (Å²) in [6, 6.07) is 6.93. The van der Waals surface area contributed by atoms with Crippen LogP contribution in [0.1, 0.15) is 5.56 Å². The number of rotatable bonds is 6. The molecule has 3 amide bonds. The standard InChI is InChI=1S/C16H17Cl2N5O3/c1-23(15(24)21-8-11-4-2-3-5-13(11)18)6-7-26-16(25)22-14-19-9-12(17)10-20-14/h2-5,9-10H,6-8H2,1H3,(H,21,24)(H,19,20,22,25). The number of nitrogens with zero attached hydrogens (tertiary/aromatic N) is 3. The van der Waals surface area contributed by atoms with Gasteiger partial charge in [0.1, 0.15) is 6.61 Å². The van der Waals surface area contributed by atoms with E-state index in [1.807, 2.05) is 18.2 Å². The highest BCUT2D eigenvalue weighted by molar-refractivity contribution is 6.31. The highest BCUT2D eigenvalue weighted by Crippen LogP contribution is 2.14. The van der Waals surface area contributed by atoms with E-state index in [1.165, 1.54) is 17.3 Å². The molecule has 138 valence electrons. The first-order valence-electron chi connectivity index (χ1n) is 7.59. The Labute approximate surface area is 160 Å². The quantitative estimate of drug-likeness (QED) is 0.779. The molecule has 1 heterocycles. The third kappa shape index (κ3) is 6.38. The lowest BCUT2D eigenvalue weighted by atomic mass is 10.2. The predicted molar refractivity (Wildman–Crippen MR) is 98.3 cm³/mol. The lowest BCUT2D eigenvalue weighted by molar-refractivity contribution is 0.146. The maximum Gasteiger partial charge on any atom is 0.414 e. The molecule has 0 saturated carbocycles. The average Bonchev–Trinajstić information content (AvgIpc) is 2.62. The summed E-state index contributed by atoms with van der Waals surface area (Å²) >= 11 is 11.7. The first-order valence-corrected chi connectivity index (χ1v) is 8.35. The van der Waals surface area contributed by atoms with Gasteiger partial charge in [-0.25, -0.2) is 19.6 Å². The third-order valence-corrected chi connectivity index (χ3v) is 3.79. The third-order valence-electron chi connectivity index (χ3n) is 3.23. The Morgan fingerprint density at radius 3 is 2.58 bits per heavy atom. The van der Waals surface area contributed by atoms with Gasteiger partial charge in [-0.1, -0.05) is 41.4 Å². The van der Waals surface area contributed by atoms with Crippen LogP contribution in [0.2, 0.25) is 10.0 Å². The Kier molecular flexibility index (Phi) is 7.43. The average molecular weight is 398 g/mol. The zero-order valence-electron chi connectivity index (χ0n) is 13.9. The number of hydrogen-bond donors (Lipinski definition) is 2. The summed E-state index contributed by atoms with van der Waals surface area (Å²) in [6.45, 7) is 0.525. The molecule has 0 radical (unpaired) electrons. The van der Waals surface area contributed by atoms with Crippen molar-refractivity contribution in [1.29, 1.82) is 0 Å². The second-order valence-electron chi connectivity index (χ2n) is 5.16. The largest absolute Gasteiger partial charge is 0.447 e. The van der Waals surface area contributed by atoms with Crippen LogP contribution >= 0.6 is 23.2 Å². The smallest absolute Gasteiger partial charge is 0.414 e. The van der Waals surface area contributed by atoms with Gasteiger partial charge in [0, 0.05) is 18.6 Å². The molecule has 0 fully saturated rings. The van der Waals surface area contributed by atoms with Crippen LogP contribution in [0.5, 0.6) is 0 Å². The van der Waals surface area contributed by atoms with E-state index >= 15 is 0 Å². The van der Waals surface area contributed by atoms with Gasteiger partial charge in [-0.3, -0.25) is 5.32 Å². The summed E-state index contributed by atoms with van der Waals surface area (Å²) in [7, 11) is 1.59. The molecule has 2 aromatic rings. The minimum atomic E-state index is -0.725. The van der Waals surface area contributed by atoms with E-state index in [9.17, 15) is 9.59 Å². The van der Waals surface area contributed by atoms with Crippen molar-refractivity contribution in [1.82, 2.24) is 20.2 Å². The molecule has 0 aliphatic heterocycles. The summed E-state index contributed by atoms with van der Waals surface area (Å²) in [6.07, 6.45) is 1.97. The molecule has 2 rings (SSSR count). The molecular formula is C16H17Cl2N5O3. The van der Waals surface area contributed by atoms with Crippen LogP contribution in [-0.4, -0.2) is 47.2 Å². The Hall–Kier alpha value is -2.58. The number of carbonyl (C=O) groups excluding carboxylic acids is 2. The maximum atomic E-state index is 12.0. The van der Waals surface area contributed by atoms with E-state index in [1.54, 1.807) is 13.1 Å². The number of anilines is 1. The first-order chi connectivity index (χ1) is 12.5. The maximum absolute atomic E-state index is 12.0. The van der Waals surface area contributed by atoms with E-state index < -0.39 is 6.09 Å². The molecule has 1 aromatic heterocycles. The van der Waals surface area contributed by atoms with Crippen molar-refractivity contribution in [2.45, 2.75) is 6.54 Å². The molecule has 0 bridgehead atoms. The van der Waals surface area contributed by atoms with Gasteiger partial charge in [-0.15, -0.1) is 0 Å². The summed E-state index contributed by atoms with van der Waals surface area (Å²) in [4.78, 5) is 32.6. The van der Waals surface area contributed by atoms with Crippen LogP contribution in [0, 0.1) is 0 Å². The SMILES string of the molecule is CN(CCOC(=O)Nc1ncc(Cl)cn1)C(=O)NCc1ccccc1Cl. The van der Waals surface area contributed by atoms with E-state index in [0.29, 0.717) is 16.6 Å². The van der Waals surface area contributed by atoms with Gasteiger partial charge in [0.15, 0.2) is 0 Å². The molecule has 1 aromatic carbocycles. The first kappa shape index (κ1) is 19.7. The van der Waals surface area contributed by atoms with Crippen molar-refractivity contribution >= 4 is 41.3 Å². The molecule has 0 spiro atoms. The molecule has 10 heteroatoms. The number of halogens is 2. The molecule has 0 aliphatic carbocycles. The minimum absolute atomic E-state index is 0.00936. The molecule has 26 heavy (non-hydrogen) atoms. The minimum Gasteiger partial charge on any atom is -0.447 e. The fourth-order valence-corrected chi connectivity index (χ4v) is 2.13. The van der Waals surface area contributed by atoms with Gasteiger partial charge >= 0.3 is 12.1 Å². The molecule has 0 saturated heterocycles. The Morgan fingerprint density at radius 1 is 1.19 bits per heavy atom. The molecule has 8 nitrogen and oxygen atoms in total. The van der Waals surface area contributed by atoms with Gasteiger partial charge in [0.05, 0.1) is 24.0 Å². The monoisotopic (exact) mass is 397 g/mol. The van der Waals surface area contributed by atoms with Crippen molar-refractivity contribution in [3.05, 3.63) is 52.3 Å². The summed E-state index contributed by atoms with van der Waals surface area (Å²) in [5.74, 6) is 0.0743. The van der Waals surface area contributed by atoms with Gasteiger partial charge in [-0.2, -0.15) is 0 Å². The molecule has 0 atom stereocenters. The van der Waals surface area contributed by atoms with Crippen molar-refractivity contribution in [3.63, 3.8) is 0 Å². The van der Waals surface area contributed by atoms with Gasteiger partial charge in [-0.05, 0) is 11.6 Å². The van der Waals surface area contributed by atoms with Gasteiger partial charge in [0.2, 0.25) is 5.95 Å². The Balaban J connectivity index is 1.68. The number of aromatic nitrogens is 2. The van der Waals surface area contributed by atoms with E-state index in [-0.39, 0.29) is 25.1 Å². The van der Waals surface area contributed by atoms with Crippen molar-refractivity contribution in [2.75, 3.05) is 25.5 Å². The second-order valence-corrected chi connectivity index (χ2v) is 6.00. The fraction of sp³-hybridized carbons (Fsp3) is 0.250. The predicted octanol–water partition coefficient (Wildman–Crippen LogP) is 3.17. The highest BCUT2D eigenvalue weighted by atomic mass is 35.5. The van der Waals surface area contributed by atoms with Crippen LogP contribution in [0.15, 0.2) is 36.7 Å². The lowest BCUT2D eigenvalue weighted by Crippen LogP contribution is -2.39. The zero-order chi connectivity index (χ0) is 18.9. The number of urea groups is 1. The zero-order valence-corrected chi connectivity index (χ0v) is 15.4. The van der Waals surface area contributed by atoms with Crippen molar-refractivity contribution in [3.8, 4) is 0 Å². The summed E-state index contributed by atoms with van der Waals surface area (Å²) in [5.41, 5.74) is 0.814. The number of hydrogen-bond acceptors (Lipinski definition) is 5. The number of ether oxygens (including phenoxy) is 1. The van der Waals surface area contributed by atoms with E-state index in [4.69, 9.17) is 27.9 Å². The van der Waals surface area contributed by atoms with E-state index in [2.05, 4.69) is 20.6 Å². The summed E-state index contributed by atoms with van der Waals surface area (Å²) < 4.78 is 4.97. The summed E-state index contributed by atoms with van der Waals surface area (Å²) in [5, 5.41) is 6.02. The number of benzene rings is 1. The molecule has 0 aliphatic rings. The molecular weight excluding hydrogens is 381 g/mol. The number of carbonyl (C=O) groups is 2. The Bertz CT molecular complexity index is 758. The van der Waals surface area contributed by atoms with Crippen molar-refractivity contribution < 1.29 is 14.3 Å². The van der Waals surface area contributed by atoms with Crippen molar-refractivity contribution in [2.24, 2.45) is 0 Å². The van der Waals surface area contributed by atoms with Gasteiger partial charge in [0.25, 0.3) is 0 Å². The number of nitrogens with one attached hydrogen (secondary N) is 2. The number of amides is 3. The van der Waals surface area contributed by atoms with Crippen LogP contribution in [0.25, 0.3) is 0 Å². The molecule has 2 N–H and O–H groups in total. The highest BCUT2D eigenvalue weighted by Gasteiger charge is 2.11. The van der Waals surface area contributed by atoms with Crippen LogP contribution in [-0.2, 0) is 11.3 Å². The van der Waals surface area contributed by atoms with Gasteiger partial charge < -0.3 is 15.0 Å².